The van der Waals surface area contributed by atoms with Crippen molar-refractivity contribution in [1.29, 1.82) is 0 Å². The van der Waals surface area contributed by atoms with Gasteiger partial charge in [0, 0.05) is 25.1 Å². The number of nitrogens with one attached hydrogen (secondary N) is 1. The van der Waals surface area contributed by atoms with Gasteiger partial charge in [-0.3, -0.25) is 14.9 Å². The van der Waals surface area contributed by atoms with Gasteiger partial charge in [0.15, 0.2) is 0 Å². The van der Waals surface area contributed by atoms with E-state index in [1.807, 2.05) is 4.90 Å². The molecule has 2 aromatic heterocycles. The normalized spacial score (nSPS) is 17.8. The number of morpholine rings is 1. The largest absolute Gasteiger partial charge is 0.378 e. The van der Waals surface area contributed by atoms with Crippen LogP contribution in [0.4, 0.5) is 10.8 Å². The van der Waals surface area contributed by atoms with Crippen LogP contribution in [0.1, 0.15) is 30.2 Å². The summed E-state index contributed by atoms with van der Waals surface area (Å²) < 4.78 is 6.45. The molecule has 2 aliphatic rings. The van der Waals surface area contributed by atoms with Crippen LogP contribution in [0, 0.1) is 0 Å². The molecule has 1 N–H and O–H groups in total. The van der Waals surface area contributed by atoms with Gasteiger partial charge >= 0.3 is 0 Å². The predicted octanol–water partition coefficient (Wildman–Crippen LogP) is 0.838. The fourth-order valence-electron chi connectivity index (χ4n) is 2.94. The number of rotatable bonds is 5. The third-order valence-electron chi connectivity index (χ3n) is 4.67. The van der Waals surface area contributed by atoms with Crippen LogP contribution in [-0.2, 0) is 16.1 Å². The van der Waals surface area contributed by atoms with Crippen molar-refractivity contribution in [3.63, 3.8) is 0 Å². The van der Waals surface area contributed by atoms with E-state index in [1.54, 1.807) is 6.20 Å². The Morgan fingerprint density at radius 1 is 1.31 bits per heavy atom. The number of hydrogen-bond donors (Lipinski definition) is 1. The molecule has 1 aliphatic heterocycles. The summed E-state index contributed by atoms with van der Waals surface area (Å²) in [4.78, 5) is 26.5. The van der Waals surface area contributed by atoms with Gasteiger partial charge in [-0.1, -0.05) is 17.8 Å². The maximum absolute atomic E-state index is 12.2. The Kier molecular flexibility index (Phi) is 4.93. The molecule has 0 bridgehead atoms. The lowest BCUT2D eigenvalue weighted by Gasteiger charge is -2.28. The molecule has 0 unspecified atom stereocenters. The molecular formula is C16H20N6O3S. The minimum Gasteiger partial charge on any atom is -0.378 e. The highest BCUT2D eigenvalue weighted by atomic mass is 32.1. The molecule has 0 radical (unpaired) electrons. The van der Waals surface area contributed by atoms with Gasteiger partial charge in [0.25, 0.3) is 5.56 Å². The molecule has 26 heavy (non-hydrogen) atoms. The molecule has 2 fully saturated rings. The lowest BCUT2D eigenvalue weighted by molar-refractivity contribution is -0.117. The topological polar surface area (TPSA) is 102 Å². The van der Waals surface area contributed by atoms with Crippen molar-refractivity contribution in [3.05, 3.63) is 27.6 Å². The van der Waals surface area contributed by atoms with Gasteiger partial charge < -0.3 is 9.64 Å². The molecule has 9 nitrogen and oxygen atoms in total. The maximum Gasteiger partial charge on any atom is 0.269 e. The van der Waals surface area contributed by atoms with E-state index in [0.717, 1.165) is 41.3 Å². The molecule has 1 saturated heterocycles. The summed E-state index contributed by atoms with van der Waals surface area (Å²) in [6.45, 7) is 2.57. The molecule has 0 atom stereocenters. The van der Waals surface area contributed by atoms with Crippen molar-refractivity contribution >= 4 is 28.1 Å². The zero-order chi connectivity index (χ0) is 17.9. The van der Waals surface area contributed by atoms with E-state index in [9.17, 15) is 9.59 Å². The van der Waals surface area contributed by atoms with Crippen LogP contribution < -0.4 is 15.8 Å². The molecule has 1 saturated carbocycles. The SMILES string of the molecule is O=C(Cn1ncc(N2CCOCC2)cc1=O)Nc1nnc(C2CCC2)s1. The summed E-state index contributed by atoms with van der Waals surface area (Å²) in [5, 5.41) is 16.4. The molecule has 0 spiro atoms. The van der Waals surface area contributed by atoms with Gasteiger partial charge in [-0.25, -0.2) is 4.68 Å². The van der Waals surface area contributed by atoms with Gasteiger partial charge in [0.2, 0.25) is 11.0 Å². The molecular weight excluding hydrogens is 356 g/mol. The van der Waals surface area contributed by atoms with Gasteiger partial charge in [-0.15, -0.1) is 10.2 Å². The summed E-state index contributed by atoms with van der Waals surface area (Å²) in [7, 11) is 0. The zero-order valence-electron chi connectivity index (χ0n) is 14.3. The minimum absolute atomic E-state index is 0.152. The van der Waals surface area contributed by atoms with E-state index >= 15 is 0 Å². The molecule has 3 heterocycles. The monoisotopic (exact) mass is 376 g/mol. The van der Waals surface area contributed by atoms with Gasteiger partial charge in [0.05, 0.1) is 25.1 Å². The minimum atomic E-state index is -0.338. The first-order valence-corrected chi connectivity index (χ1v) is 9.54. The van der Waals surface area contributed by atoms with Crippen molar-refractivity contribution < 1.29 is 9.53 Å². The number of ether oxygens (including phenoxy) is 1. The van der Waals surface area contributed by atoms with Crippen LogP contribution in [0.15, 0.2) is 17.1 Å². The highest BCUT2D eigenvalue weighted by Crippen LogP contribution is 2.38. The average Bonchev–Trinajstić information content (AvgIpc) is 3.03. The summed E-state index contributed by atoms with van der Waals surface area (Å²) in [6, 6.07) is 1.51. The Labute approximate surface area is 154 Å². The first-order valence-electron chi connectivity index (χ1n) is 8.72. The first-order chi connectivity index (χ1) is 12.7. The second kappa shape index (κ2) is 7.50. The summed E-state index contributed by atoms with van der Waals surface area (Å²) >= 11 is 1.40. The molecule has 10 heteroatoms. The molecule has 4 rings (SSSR count). The maximum atomic E-state index is 12.2. The average molecular weight is 376 g/mol. The number of anilines is 2. The Balaban J connectivity index is 1.37. The van der Waals surface area contributed by atoms with Crippen molar-refractivity contribution in [3.8, 4) is 0 Å². The summed E-state index contributed by atoms with van der Waals surface area (Å²) in [6.07, 6.45) is 5.11. The zero-order valence-corrected chi connectivity index (χ0v) is 15.1. The van der Waals surface area contributed by atoms with E-state index in [2.05, 4.69) is 20.6 Å². The molecule has 1 aliphatic carbocycles. The third-order valence-corrected chi connectivity index (χ3v) is 5.67. The van der Waals surface area contributed by atoms with Crippen molar-refractivity contribution in [1.82, 2.24) is 20.0 Å². The van der Waals surface area contributed by atoms with Crippen LogP contribution in [0.2, 0.25) is 0 Å². The van der Waals surface area contributed by atoms with Crippen molar-refractivity contribution in [2.75, 3.05) is 36.5 Å². The standard InChI is InChI=1S/C16H20N6O3S/c23-13(18-16-20-19-15(26-16)11-2-1-3-11)10-22-14(24)8-12(9-17-22)21-4-6-25-7-5-21/h8-9,11H,1-7,10H2,(H,18,20,23). The first kappa shape index (κ1) is 17.1. The highest BCUT2D eigenvalue weighted by molar-refractivity contribution is 7.15. The predicted molar refractivity (Wildman–Crippen MR) is 96.7 cm³/mol. The van der Waals surface area contributed by atoms with Crippen molar-refractivity contribution in [2.24, 2.45) is 0 Å². The Hall–Kier alpha value is -2.33. The van der Waals surface area contributed by atoms with E-state index in [-0.39, 0.29) is 18.0 Å². The summed E-state index contributed by atoms with van der Waals surface area (Å²) in [5.74, 6) is 0.144. The fraction of sp³-hybridized carbons (Fsp3) is 0.562. The number of nitrogens with zero attached hydrogens (tertiary/aromatic N) is 5. The number of aromatic nitrogens is 4. The Morgan fingerprint density at radius 2 is 2.12 bits per heavy atom. The van der Waals surface area contributed by atoms with Gasteiger partial charge in [0.1, 0.15) is 11.6 Å². The lowest BCUT2D eigenvalue weighted by Crippen LogP contribution is -2.38. The van der Waals surface area contributed by atoms with E-state index in [1.165, 1.54) is 23.8 Å². The fourth-order valence-corrected chi connectivity index (χ4v) is 3.87. The second-order valence-corrected chi connectivity index (χ2v) is 7.44. The highest BCUT2D eigenvalue weighted by Gasteiger charge is 2.24. The van der Waals surface area contributed by atoms with Crippen LogP contribution in [0.25, 0.3) is 0 Å². The van der Waals surface area contributed by atoms with Crippen LogP contribution in [-0.4, -0.2) is 52.2 Å². The van der Waals surface area contributed by atoms with E-state index in [0.29, 0.717) is 24.3 Å². The van der Waals surface area contributed by atoms with E-state index in [4.69, 9.17) is 4.74 Å². The Bertz CT molecular complexity index is 841. The van der Waals surface area contributed by atoms with Crippen LogP contribution in [0.3, 0.4) is 0 Å². The quantitative estimate of drug-likeness (QED) is 0.825. The van der Waals surface area contributed by atoms with Crippen LogP contribution in [0.5, 0.6) is 0 Å². The lowest BCUT2D eigenvalue weighted by atomic mass is 9.86. The molecule has 0 aromatic carbocycles. The number of carbonyl (C=O) groups excluding carboxylic acids is 1. The number of amides is 1. The number of hydrogen-bond acceptors (Lipinski definition) is 8. The van der Waals surface area contributed by atoms with Gasteiger partial charge in [-0.05, 0) is 12.8 Å². The number of carbonyl (C=O) groups is 1. The smallest absolute Gasteiger partial charge is 0.269 e. The third kappa shape index (κ3) is 3.75. The van der Waals surface area contributed by atoms with E-state index < -0.39 is 0 Å². The second-order valence-electron chi connectivity index (χ2n) is 6.43. The molecule has 1 amide bonds. The molecule has 2 aromatic rings. The van der Waals surface area contributed by atoms with Gasteiger partial charge in [-0.2, -0.15) is 5.10 Å². The Morgan fingerprint density at radius 3 is 2.81 bits per heavy atom. The van der Waals surface area contributed by atoms with Crippen LogP contribution >= 0.6 is 11.3 Å². The summed E-state index contributed by atoms with van der Waals surface area (Å²) in [5.41, 5.74) is 0.445. The van der Waals surface area contributed by atoms with Crippen molar-refractivity contribution in [2.45, 2.75) is 31.7 Å². The molecule has 138 valence electrons.